The Morgan fingerprint density at radius 2 is 2.12 bits per heavy atom. The molecule has 0 radical (unpaired) electrons. The van der Waals surface area contributed by atoms with Gasteiger partial charge in [-0.3, -0.25) is 4.79 Å². The van der Waals surface area contributed by atoms with E-state index in [1.807, 2.05) is 43.3 Å². The largest absolute Gasteiger partial charge is 0.497 e. The van der Waals surface area contributed by atoms with Crippen molar-refractivity contribution >= 4 is 11.6 Å². The summed E-state index contributed by atoms with van der Waals surface area (Å²) in [5, 5.41) is 4.13. The Hall–Kier alpha value is -3.02. The minimum Gasteiger partial charge on any atom is -0.497 e. The highest BCUT2D eigenvalue weighted by atomic mass is 16.5. The first-order valence-corrected chi connectivity index (χ1v) is 7.52. The minimum absolute atomic E-state index is 0.0992. The van der Waals surface area contributed by atoms with Gasteiger partial charge >= 0.3 is 0 Å². The summed E-state index contributed by atoms with van der Waals surface area (Å²) in [4.78, 5) is 11.9. The molecule has 2 aromatic rings. The predicted octanol–water partition coefficient (Wildman–Crippen LogP) is 2.30. The summed E-state index contributed by atoms with van der Waals surface area (Å²) in [6.45, 7) is 2.13. The molecule has 0 aromatic heterocycles. The SMILES string of the molecule is COc1ccc2c(c1)OC/C2=N\NC(=O)COc1ccccc1C. The van der Waals surface area contributed by atoms with E-state index in [-0.39, 0.29) is 12.5 Å². The van der Waals surface area contributed by atoms with Crippen LogP contribution in [0.3, 0.4) is 0 Å². The average molecular weight is 326 g/mol. The summed E-state index contributed by atoms with van der Waals surface area (Å²) in [5.41, 5.74) is 4.98. The highest BCUT2D eigenvalue weighted by Crippen LogP contribution is 2.29. The fourth-order valence-electron chi connectivity index (χ4n) is 2.33. The molecule has 0 spiro atoms. The number of hydrazone groups is 1. The third-order valence-corrected chi connectivity index (χ3v) is 3.63. The first-order chi connectivity index (χ1) is 11.7. The zero-order valence-electron chi connectivity index (χ0n) is 13.5. The minimum atomic E-state index is -0.326. The second-order valence-electron chi connectivity index (χ2n) is 5.30. The van der Waals surface area contributed by atoms with Gasteiger partial charge in [0.15, 0.2) is 6.61 Å². The lowest BCUT2D eigenvalue weighted by Crippen LogP contribution is -2.26. The Balaban J connectivity index is 1.59. The molecule has 6 heteroatoms. The molecule has 1 N–H and O–H groups in total. The monoisotopic (exact) mass is 326 g/mol. The third kappa shape index (κ3) is 3.48. The van der Waals surface area contributed by atoms with Crippen LogP contribution in [0.1, 0.15) is 11.1 Å². The summed E-state index contributed by atoms with van der Waals surface area (Å²) < 4.78 is 16.2. The number of aryl methyl sites for hydroxylation is 1. The van der Waals surface area contributed by atoms with Crippen LogP contribution in [0.4, 0.5) is 0 Å². The van der Waals surface area contributed by atoms with Gasteiger partial charge < -0.3 is 14.2 Å². The van der Waals surface area contributed by atoms with Gasteiger partial charge in [0.1, 0.15) is 29.6 Å². The van der Waals surface area contributed by atoms with Gasteiger partial charge in [-0.1, -0.05) is 18.2 Å². The number of hydrogen-bond donors (Lipinski definition) is 1. The lowest BCUT2D eigenvalue weighted by molar-refractivity contribution is -0.123. The number of ether oxygens (including phenoxy) is 3. The van der Waals surface area contributed by atoms with Crippen molar-refractivity contribution in [1.82, 2.24) is 5.43 Å². The maximum Gasteiger partial charge on any atom is 0.277 e. The fraction of sp³-hybridized carbons (Fsp3) is 0.222. The number of carbonyl (C=O) groups excluding carboxylic acids is 1. The van der Waals surface area contributed by atoms with Crippen LogP contribution in [0.2, 0.25) is 0 Å². The van der Waals surface area contributed by atoms with Crippen LogP contribution < -0.4 is 19.6 Å². The Bertz CT molecular complexity index is 786. The van der Waals surface area contributed by atoms with Crippen LogP contribution in [0, 0.1) is 6.92 Å². The van der Waals surface area contributed by atoms with Gasteiger partial charge in [-0.2, -0.15) is 5.10 Å². The zero-order chi connectivity index (χ0) is 16.9. The molecule has 24 heavy (non-hydrogen) atoms. The molecule has 6 nitrogen and oxygen atoms in total. The van der Waals surface area contributed by atoms with Gasteiger partial charge in [0, 0.05) is 11.6 Å². The molecule has 3 rings (SSSR count). The van der Waals surface area contributed by atoms with E-state index in [0.717, 1.165) is 11.1 Å². The van der Waals surface area contributed by atoms with Crippen molar-refractivity contribution in [1.29, 1.82) is 0 Å². The number of methoxy groups -OCH3 is 1. The first kappa shape index (κ1) is 15.9. The Labute approximate surface area is 140 Å². The molecule has 0 unspecified atom stereocenters. The van der Waals surface area contributed by atoms with Crippen LogP contribution in [-0.4, -0.2) is 31.9 Å². The van der Waals surface area contributed by atoms with Gasteiger partial charge in [0.05, 0.1) is 7.11 Å². The van der Waals surface area contributed by atoms with Crippen LogP contribution in [0.5, 0.6) is 17.2 Å². The number of nitrogens with one attached hydrogen (secondary N) is 1. The van der Waals surface area contributed by atoms with Crippen LogP contribution >= 0.6 is 0 Å². The Kier molecular flexibility index (Phi) is 4.65. The quantitative estimate of drug-likeness (QED) is 0.856. The Morgan fingerprint density at radius 1 is 1.29 bits per heavy atom. The van der Waals surface area contributed by atoms with E-state index >= 15 is 0 Å². The number of benzene rings is 2. The summed E-state index contributed by atoms with van der Waals surface area (Å²) in [7, 11) is 1.60. The topological polar surface area (TPSA) is 69.2 Å². The maximum atomic E-state index is 11.9. The lowest BCUT2D eigenvalue weighted by atomic mass is 10.1. The number of para-hydroxylation sites is 1. The van der Waals surface area contributed by atoms with Crippen molar-refractivity contribution in [2.45, 2.75) is 6.92 Å². The maximum absolute atomic E-state index is 11.9. The number of amides is 1. The molecule has 1 aliphatic heterocycles. The third-order valence-electron chi connectivity index (χ3n) is 3.63. The average Bonchev–Trinajstić information content (AvgIpc) is 3.01. The molecule has 0 saturated heterocycles. The summed E-state index contributed by atoms with van der Waals surface area (Å²) in [6, 6.07) is 13.0. The van der Waals surface area contributed by atoms with Crippen molar-refractivity contribution in [2.75, 3.05) is 20.3 Å². The van der Waals surface area contributed by atoms with Crippen LogP contribution in [0.15, 0.2) is 47.6 Å². The van der Waals surface area contributed by atoms with Crippen molar-refractivity contribution < 1.29 is 19.0 Å². The van der Waals surface area contributed by atoms with Gasteiger partial charge in [0.25, 0.3) is 5.91 Å². The van der Waals surface area contributed by atoms with Gasteiger partial charge in [-0.15, -0.1) is 0 Å². The van der Waals surface area contributed by atoms with Crippen molar-refractivity contribution in [3.63, 3.8) is 0 Å². The summed E-state index contributed by atoms with van der Waals surface area (Å²) >= 11 is 0. The normalized spacial score (nSPS) is 14.0. The second kappa shape index (κ2) is 7.04. The van der Waals surface area contributed by atoms with E-state index in [4.69, 9.17) is 14.2 Å². The number of carbonyl (C=O) groups is 1. The molecule has 0 aliphatic carbocycles. The molecule has 1 heterocycles. The number of hydrogen-bond acceptors (Lipinski definition) is 5. The van der Waals surface area contributed by atoms with Crippen LogP contribution in [-0.2, 0) is 4.79 Å². The number of fused-ring (bicyclic) bond motifs is 1. The molecule has 1 aliphatic rings. The molecule has 124 valence electrons. The highest BCUT2D eigenvalue weighted by molar-refractivity contribution is 6.06. The number of nitrogens with zero attached hydrogens (tertiary/aromatic N) is 1. The molecular weight excluding hydrogens is 308 g/mol. The first-order valence-electron chi connectivity index (χ1n) is 7.52. The molecular formula is C18H18N2O4. The lowest BCUT2D eigenvalue weighted by Gasteiger charge is -2.07. The summed E-state index contributed by atoms with van der Waals surface area (Å²) in [6.07, 6.45) is 0. The predicted molar refractivity (Wildman–Crippen MR) is 89.8 cm³/mol. The summed E-state index contributed by atoms with van der Waals surface area (Å²) in [5.74, 6) is 1.76. The van der Waals surface area contributed by atoms with Crippen molar-refractivity contribution in [2.24, 2.45) is 5.10 Å². The molecule has 0 fully saturated rings. The fourth-order valence-corrected chi connectivity index (χ4v) is 2.33. The van der Waals surface area contributed by atoms with E-state index in [2.05, 4.69) is 10.5 Å². The van der Waals surface area contributed by atoms with E-state index in [9.17, 15) is 4.79 Å². The molecule has 0 atom stereocenters. The standard InChI is InChI=1S/C18H18N2O4/c1-12-5-3-4-6-16(12)24-11-18(21)20-19-15-10-23-17-9-13(22-2)7-8-14(15)17/h3-9H,10-11H2,1-2H3,(H,20,21)/b19-15+. The Morgan fingerprint density at radius 3 is 2.92 bits per heavy atom. The molecule has 0 bridgehead atoms. The van der Waals surface area contributed by atoms with E-state index < -0.39 is 0 Å². The van der Waals surface area contributed by atoms with Crippen LogP contribution in [0.25, 0.3) is 0 Å². The van der Waals surface area contributed by atoms with E-state index in [0.29, 0.717) is 29.6 Å². The van der Waals surface area contributed by atoms with E-state index in [1.54, 1.807) is 13.2 Å². The van der Waals surface area contributed by atoms with Gasteiger partial charge in [-0.25, -0.2) is 5.43 Å². The molecule has 2 aromatic carbocycles. The second-order valence-corrected chi connectivity index (χ2v) is 5.30. The van der Waals surface area contributed by atoms with Crippen molar-refractivity contribution in [3.05, 3.63) is 53.6 Å². The van der Waals surface area contributed by atoms with E-state index in [1.165, 1.54) is 0 Å². The van der Waals surface area contributed by atoms with Gasteiger partial charge in [-0.05, 0) is 30.7 Å². The van der Waals surface area contributed by atoms with Gasteiger partial charge in [0.2, 0.25) is 0 Å². The van der Waals surface area contributed by atoms with Crippen molar-refractivity contribution in [3.8, 4) is 17.2 Å². The smallest absolute Gasteiger partial charge is 0.277 e. The molecule has 1 amide bonds. The number of rotatable bonds is 5. The zero-order valence-corrected chi connectivity index (χ0v) is 13.5. The molecule has 0 saturated carbocycles. The highest BCUT2D eigenvalue weighted by Gasteiger charge is 2.20.